The second-order valence-corrected chi connectivity index (χ2v) is 7.08. The molecule has 2 atom stereocenters. The number of nitrogens with zero attached hydrogens (tertiary/aromatic N) is 4. The summed E-state index contributed by atoms with van der Waals surface area (Å²) in [5, 5.41) is 0. The van der Waals surface area contributed by atoms with E-state index in [1.54, 1.807) is 6.08 Å². The van der Waals surface area contributed by atoms with Crippen molar-refractivity contribution in [1.82, 2.24) is 14.9 Å². The largest absolute Gasteiger partial charge is 0.337 e. The average molecular weight is 388 g/mol. The van der Waals surface area contributed by atoms with Crippen LogP contribution in [-0.2, 0) is 4.79 Å². The molecular weight excluding hydrogens is 369 g/mol. The monoisotopic (exact) mass is 388 g/mol. The van der Waals surface area contributed by atoms with Crippen molar-refractivity contribution < 1.29 is 18.0 Å². The van der Waals surface area contributed by atoms with Gasteiger partial charge >= 0.3 is 0 Å². The van der Waals surface area contributed by atoms with Crippen molar-refractivity contribution in [2.75, 3.05) is 24.5 Å². The molecule has 146 valence electrons. The van der Waals surface area contributed by atoms with Crippen LogP contribution in [0.4, 0.5) is 19.1 Å². The fourth-order valence-electron chi connectivity index (χ4n) is 3.84. The molecule has 0 unspecified atom stereocenters. The summed E-state index contributed by atoms with van der Waals surface area (Å²) in [6.45, 7) is 1.79. The number of carbonyl (C=O) groups is 1. The maximum atomic E-state index is 13.3. The Morgan fingerprint density at radius 2 is 1.89 bits per heavy atom. The van der Waals surface area contributed by atoms with Crippen LogP contribution >= 0.6 is 0 Å². The third-order valence-electron chi connectivity index (χ3n) is 5.24. The molecule has 1 aromatic carbocycles. The zero-order valence-electron chi connectivity index (χ0n) is 15.1. The van der Waals surface area contributed by atoms with Crippen LogP contribution in [0.15, 0.2) is 36.7 Å². The maximum Gasteiger partial charge on any atom is 0.226 e. The normalized spacial score (nSPS) is 22.2. The van der Waals surface area contributed by atoms with Crippen molar-refractivity contribution in [1.29, 1.82) is 0 Å². The third kappa shape index (κ3) is 3.72. The fraction of sp³-hybridized carbons (Fsp3) is 0.350. The van der Waals surface area contributed by atoms with Gasteiger partial charge in [-0.1, -0.05) is 18.2 Å². The molecule has 2 aliphatic rings. The number of benzene rings is 1. The van der Waals surface area contributed by atoms with Gasteiger partial charge in [-0.05, 0) is 30.5 Å². The Kier molecular flexibility index (Phi) is 5.02. The number of piperazine rings is 1. The van der Waals surface area contributed by atoms with Gasteiger partial charge in [-0.2, -0.15) is 0 Å². The number of aromatic nitrogens is 2. The van der Waals surface area contributed by atoms with Crippen LogP contribution in [0, 0.1) is 23.4 Å². The van der Waals surface area contributed by atoms with Crippen molar-refractivity contribution in [2.24, 2.45) is 5.92 Å². The zero-order valence-corrected chi connectivity index (χ0v) is 15.1. The van der Waals surface area contributed by atoms with Gasteiger partial charge in [0.1, 0.15) is 0 Å². The predicted molar refractivity (Wildman–Crippen MR) is 97.8 cm³/mol. The van der Waals surface area contributed by atoms with E-state index in [2.05, 4.69) is 9.97 Å². The summed E-state index contributed by atoms with van der Waals surface area (Å²) in [6.07, 6.45) is 7.05. The quantitative estimate of drug-likeness (QED) is 0.808. The Labute approximate surface area is 160 Å². The van der Waals surface area contributed by atoms with Crippen LogP contribution in [0.25, 0.3) is 6.08 Å². The third-order valence-corrected chi connectivity index (χ3v) is 5.24. The Morgan fingerprint density at radius 1 is 1.11 bits per heavy atom. The molecule has 2 saturated heterocycles. The molecule has 2 fully saturated rings. The smallest absolute Gasteiger partial charge is 0.226 e. The molecule has 28 heavy (non-hydrogen) atoms. The van der Waals surface area contributed by atoms with Crippen molar-refractivity contribution in [2.45, 2.75) is 18.9 Å². The predicted octanol–water partition coefficient (Wildman–Crippen LogP) is 3.03. The molecule has 4 rings (SSSR count). The maximum absolute atomic E-state index is 13.3. The first-order valence-electron chi connectivity index (χ1n) is 9.16. The Balaban J connectivity index is 1.37. The highest BCUT2D eigenvalue weighted by Crippen LogP contribution is 2.31. The van der Waals surface area contributed by atoms with Gasteiger partial charge in [0.2, 0.25) is 11.9 Å². The van der Waals surface area contributed by atoms with Crippen LogP contribution < -0.4 is 4.90 Å². The van der Waals surface area contributed by atoms with Crippen molar-refractivity contribution in [3.8, 4) is 0 Å². The molecule has 0 bridgehead atoms. The SMILES string of the molecule is O=C1[C@@H](C/C=C/c2ccc(F)c(F)c2)C[C@H]2CN(c3ncc(F)cn3)CCN12. The van der Waals surface area contributed by atoms with E-state index >= 15 is 0 Å². The first-order valence-corrected chi connectivity index (χ1v) is 9.16. The highest BCUT2D eigenvalue weighted by molar-refractivity contribution is 5.82. The number of fused-ring (bicyclic) bond motifs is 1. The van der Waals surface area contributed by atoms with Gasteiger partial charge < -0.3 is 9.80 Å². The van der Waals surface area contributed by atoms with E-state index in [0.29, 0.717) is 44.0 Å². The fourth-order valence-corrected chi connectivity index (χ4v) is 3.84. The minimum absolute atomic E-state index is 0.0663. The number of allylic oxidation sites excluding steroid dienone is 1. The topological polar surface area (TPSA) is 49.3 Å². The molecule has 0 spiro atoms. The highest BCUT2D eigenvalue weighted by Gasteiger charge is 2.42. The molecule has 0 aliphatic carbocycles. The Bertz CT molecular complexity index is 903. The van der Waals surface area contributed by atoms with Crippen LogP contribution in [0.1, 0.15) is 18.4 Å². The van der Waals surface area contributed by atoms with Gasteiger partial charge in [-0.3, -0.25) is 4.79 Å². The summed E-state index contributed by atoms with van der Waals surface area (Å²) in [5.41, 5.74) is 0.557. The second kappa shape index (κ2) is 7.61. The minimum Gasteiger partial charge on any atom is -0.337 e. The van der Waals surface area contributed by atoms with E-state index in [-0.39, 0.29) is 17.9 Å². The number of hydrogen-bond acceptors (Lipinski definition) is 4. The number of hydrogen-bond donors (Lipinski definition) is 0. The first kappa shape index (κ1) is 18.5. The first-order chi connectivity index (χ1) is 13.5. The molecule has 1 aromatic heterocycles. The molecule has 0 saturated carbocycles. The van der Waals surface area contributed by atoms with Crippen molar-refractivity contribution in [3.63, 3.8) is 0 Å². The van der Waals surface area contributed by atoms with Gasteiger partial charge in [0, 0.05) is 25.6 Å². The summed E-state index contributed by atoms with van der Waals surface area (Å²) < 4.78 is 39.3. The van der Waals surface area contributed by atoms with Gasteiger partial charge in [0.25, 0.3) is 0 Å². The highest BCUT2D eigenvalue weighted by atomic mass is 19.2. The van der Waals surface area contributed by atoms with Crippen molar-refractivity contribution in [3.05, 3.63) is 59.7 Å². The van der Waals surface area contributed by atoms with E-state index in [0.717, 1.165) is 24.5 Å². The lowest BCUT2D eigenvalue weighted by Crippen LogP contribution is -2.52. The average Bonchev–Trinajstić information content (AvgIpc) is 3.00. The molecule has 0 radical (unpaired) electrons. The van der Waals surface area contributed by atoms with Gasteiger partial charge in [-0.25, -0.2) is 23.1 Å². The van der Waals surface area contributed by atoms with Crippen LogP contribution in [0.2, 0.25) is 0 Å². The molecule has 0 N–H and O–H groups in total. The Morgan fingerprint density at radius 3 is 2.64 bits per heavy atom. The lowest BCUT2D eigenvalue weighted by molar-refractivity contribution is -0.132. The van der Waals surface area contributed by atoms with E-state index < -0.39 is 17.5 Å². The van der Waals surface area contributed by atoms with Crippen LogP contribution in [0.5, 0.6) is 0 Å². The number of rotatable bonds is 4. The number of amides is 1. The Hall–Kier alpha value is -2.90. The molecule has 2 aromatic rings. The lowest BCUT2D eigenvalue weighted by atomic mass is 10.00. The summed E-state index contributed by atoms with van der Waals surface area (Å²) >= 11 is 0. The van der Waals surface area contributed by atoms with E-state index in [1.807, 2.05) is 15.9 Å². The van der Waals surface area contributed by atoms with Crippen LogP contribution in [-0.4, -0.2) is 46.5 Å². The van der Waals surface area contributed by atoms with E-state index in [9.17, 15) is 18.0 Å². The van der Waals surface area contributed by atoms with E-state index in [1.165, 1.54) is 6.07 Å². The minimum atomic E-state index is -0.890. The van der Waals surface area contributed by atoms with Gasteiger partial charge in [0.05, 0.1) is 18.4 Å². The zero-order chi connectivity index (χ0) is 19.7. The standard InChI is InChI=1S/C20H19F3N4O/c21-15-10-24-20(25-11-15)26-6-7-27-16(12-26)9-14(19(27)28)3-1-2-13-4-5-17(22)18(23)8-13/h1-2,4-5,8,10-11,14,16H,3,6-7,9,12H2/b2-1+/t14-,16-/m0/s1. The summed E-state index contributed by atoms with van der Waals surface area (Å²) in [5.74, 6) is -1.81. The molecule has 8 heteroatoms. The number of carbonyl (C=O) groups excluding carboxylic acids is 1. The van der Waals surface area contributed by atoms with Crippen LogP contribution in [0.3, 0.4) is 0 Å². The van der Waals surface area contributed by atoms with Gasteiger partial charge in [0.15, 0.2) is 17.5 Å². The lowest BCUT2D eigenvalue weighted by Gasteiger charge is -2.37. The molecule has 2 aliphatic heterocycles. The summed E-state index contributed by atoms with van der Waals surface area (Å²) in [4.78, 5) is 24.5. The number of halogens is 3. The molecular formula is C20H19F3N4O. The van der Waals surface area contributed by atoms with E-state index in [4.69, 9.17) is 0 Å². The molecule has 1 amide bonds. The number of anilines is 1. The second-order valence-electron chi connectivity index (χ2n) is 7.08. The molecule has 3 heterocycles. The summed E-state index contributed by atoms with van der Waals surface area (Å²) in [7, 11) is 0. The van der Waals surface area contributed by atoms with Crippen molar-refractivity contribution >= 4 is 17.9 Å². The summed E-state index contributed by atoms with van der Waals surface area (Å²) in [6, 6.07) is 3.78. The van der Waals surface area contributed by atoms with Gasteiger partial charge in [-0.15, -0.1) is 0 Å². The molecule has 5 nitrogen and oxygen atoms in total.